The molecule has 1 N–H and O–H groups in total. The number of nitrogens with zero attached hydrogens (tertiary/aromatic N) is 2. The highest BCUT2D eigenvalue weighted by Crippen LogP contribution is 2.28. The monoisotopic (exact) mass is 359 g/mol. The lowest BCUT2D eigenvalue weighted by molar-refractivity contribution is 0.274. The van der Waals surface area contributed by atoms with Gasteiger partial charge in [-0.05, 0) is 43.7 Å². The molecule has 0 radical (unpaired) electrons. The highest BCUT2D eigenvalue weighted by atomic mass is 32.2. The summed E-state index contributed by atoms with van der Waals surface area (Å²) in [7, 11) is -6.66. The van der Waals surface area contributed by atoms with Crippen molar-refractivity contribution in [1.29, 1.82) is 0 Å². The maximum Gasteiger partial charge on any atom is 0.244 e. The topological polar surface area (TPSA) is 96.4 Å². The summed E-state index contributed by atoms with van der Waals surface area (Å²) in [5, 5.41) is -0.214. The maximum atomic E-state index is 12.5. The zero-order valence-corrected chi connectivity index (χ0v) is 14.4. The summed E-state index contributed by atoms with van der Waals surface area (Å²) >= 11 is 0. The van der Waals surface area contributed by atoms with E-state index >= 15 is 0 Å². The third kappa shape index (κ3) is 3.90. The van der Waals surface area contributed by atoms with Crippen LogP contribution in [0.2, 0.25) is 0 Å². The highest BCUT2D eigenvalue weighted by molar-refractivity contribution is 7.90. The summed E-state index contributed by atoms with van der Waals surface area (Å²) in [4.78, 5) is 4.06. The third-order valence-electron chi connectivity index (χ3n) is 4.38. The molecule has 3 rings (SSSR count). The fourth-order valence-corrected chi connectivity index (χ4v) is 5.63. The fraction of sp³-hybridized carbons (Fsp3) is 0.643. The minimum Gasteiger partial charge on any atom is -0.263 e. The summed E-state index contributed by atoms with van der Waals surface area (Å²) < 4.78 is 52.7. The van der Waals surface area contributed by atoms with Crippen molar-refractivity contribution in [1.82, 2.24) is 14.0 Å². The number of hydrogen-bond donors (Lipinski definition) is 1. The van der Waals surface area contributed by atoms with Crippen LogP contribution in [0.4, 0.5) is 0 Å². The van der Waals surface area contributed by atoms with Crippen molar-refractivity contribution in [2.75, 3.05) is 19.6 Å². The molecule has 128 valence electrons. The lowest BCUT2D eigenvalue weighted by atomic mass is 9.99. The van der Waals surface area contributed by atoms with E-state index in [2.05, 4.69) is 9.71 Å². The van der Waals surface area contributed by atoms with Crippen LogP contribution in [0.5, 0.6) is 0 Å². The lowest BCUT2D eigenvalue weighted by Crippen LogP contribution is -2.41. The molecule has 0 atom stereocenters. The Morgan fingerprint density at radius 2 is 1.83 bits per heavy atom. The van der Waals surface area contributed by atoms with E-state index in [9.17, 15) is 16.8 Å². The second kappa shape index (κ2) is 6.46. The minimum atomic E-state index is -3.50. The van der Waals surface area contributed by atoms with Gasteiger partial charge in [0.2, 0.25) is 20.0 Å². The summed E-state index contributed by atoms with van der Waals surface area (Å²) in [6.07, 6.45) is 5.70. The van der Waals surface area contributed by atoms with Crippen LogP contribution in [-0.4, -0.2) is 51.0 Å². The Kier molecular flexibility index (Phi) is 4.73. The number of piperidine rings is 1. The van der Waals surface area contributed by atoms with Gasteiger partial charge < -0.3 is 0 Å². The SMILES string of the molecule is O=S(=O)(NCC1CCN(S(=O)(=O)c2cccnc2)CC1)C1CC1. The number of nitrogens with one attached hydrogen (secondary N) is 1. The molecule has 0 spiro atoms. The van der Waals surface area contributed by atoms with Crippen LogP contribution in [0.3, 0.4) is 0 Å². The molecule has 2 aliphatic rings. The molecule has 0 unspecified atom stereocenters. The maximum absolute atomic E-state index is 12.5. The number of sulfonamides is 2. The zero-order chi connectivity index (χ0) is 16.5. The van der Waals surface area contributed by atoms with Crippen molar-refractivity contribution in [2.24, 2.45) is 5.92 Å². The Morgan fingerprint density at radius 3 is 2.39 bits per heavy atom. The third-order valence-corrected chi connectivity index (χ3v) is 8.18. The molecular weight excluding hydrogens is 338 g/mol. The molecule has 9 heteroatoms. The number of rotatable bonds is 6. The molecule has 1 aromatic heterocycles. The van der Waals surface area contributed by atoms with Gasteiger partial charge in [0.1, 0.15) is 4.90 Å². The van der Waals surface area contributed by atoms with Crippen molar-refractivity contribution < 1.29 is 16.8 Å². The Bertz CT molecular complexity index is 737. The van der Waals surface area contributed by atoms with E-state index in [0.717, 1.165) is 12.8 Å². The van der Waals surface area contributed by atoms with Crippen LogP contribution < -0.4 is 4.72 Å². The van der Waals surface area contributed by atoms with Gasteiger partial charge in [0.05, 0.1) is 5.25 Å². The fourth-order valence-electron chi connectivity index (χ4n) is 2.73. The van der Waals surface area contributed by atoms with E-state index in [-0.39, 0.29) is 16.1 Å². The number of aromatic nitrogens is 1. The summed E-state index contributed by atoms with van der Waals surface area (Å²) in [5.41, 5.74) is 0. The quantitative estimate of drug-likeness (QED) is 0.801. The smallest absolute Gasteiger partial charge is 0.244 e. The summed E-state index contributed by atoms with van der Waals surface area (Å²) in [6, 6.07) is 3.14. The molecule has 7 nitrogen and oxygen atoms in total. The van der Waals surface area contributed by atoms with Crippen LogP contribution in [-0.2, 0) is 20.0 Å². The van der Waals surface area contributed by atoms with Gasteiger partial charge >= 0.3 is 0 Å². The molecule has 1 aromatic rings. The van der Waals surface area contributed by atoms with E-state index in [4.69, 9.17) is 0 Å². The molecule has 0 bridgehead atoms. The molecule has 1 aliphatic heterocycles. The predicted octanol–water partition coefficient (Wildman–Crippen LogP) is 0.564. The van der Waals surface area contributed by atoms with Crippen molar-refractivity contribution >= 4 is 20.0 Å². The molecule has 1 saturated heterocycles. The first kappa shape index (κ1) is 16.8. The molecule has 1 aliphatic carbocycles. The Balaban J connectivity index is 1.54. The Morgan fingerprint density at radius 1 is 1.13 bits per heavy atom. The Labute approximate surface area is 137 Å². The van der Waals surface area contributed by atoms with Crippen molar-refractivity contribution in [3.05, 3.63) is 24.5 Å². The molecule has 1 saturated carbocycles. The van der Waals surface area contributed by atoms with E-state index in [1.54, 1.807) is 6.07 Å². The van der Waals surface area contributed by atoms with Crippen LogP contribution in [0.25, 0.3) is 0 Å². The van der Waals surface area contributed by atoms with Gasteiger partial charge in [-0.25, -0.2) is 21.6 Å². The zero-order valence-electron chi connectivity index (χ0n) is 12.8. The van der Waals surface area contributed by atoms with Crippen LogP contribution in [0.15, 0.2) is 29.4 Å². The van der Waals surface area contributed by atoms with Gasteiger partial charge in [-0.3, -0.25) is 4.98 Å². The average Bonchev–Trinajstić information content (AvgIpc) is 3.40. The standard InChI is InChI=1S/C14H21N3O4S2/c18-22(19,13-3-4-13)16-10-12-5-8-17(9-6-12)23(20,21)14-2-1-7-15-11-14/h1-2,7,11-13,16H,3-6,8-10H2. The van der Waals surface area contributed by atoms with E-state index in [1.165, 1.54) is 22.8 Å². The second-order valence-corrected chi connectivity index (χ2v) is 10.1. The molecule has 23 heavy (non-hydrogen) atoms. The van der Waals surface area contributed by atoms with Crippen molar-refractivity contribution in [2.45, 2.75) is 35.8 Å². The first-order valence-electron chi connectivity index (χ1n) is 7.78. The summed E-state index contributed by atoms with van der Waals surface area (Å²) in [6.45, 7) is 1.22. The number of hydrogen-bond acceptors (Lipinski definition) is 5. The van der Waals surface area contributed by atoms with Gasteiger partial charge in [-0.1, -0.05) is 0 Å². The molecule has 0 amide bonds. The molecular formula is C14H21N3O4S2. The first-order chi connectivity index (χ1) is 10.9. The van der Waals surface area contributed by atoms with Gasteiger partial charge in [-0.2, -0.15) is 4.31 Å². The first-order valence-corrected chi connectivity index (χ1v) is 10.8. The minimum absolute atomic E-state index is 0.184. The lowest BCUT2D eigenvalue weighted by Gasteiger charge is -2.31. The van der Waals surface area contributed by atoms with E-state index in [1.807, 2.05) is 0 Å². The van der Waals surface area contributed by atoms with Crippen LogP contribution in [0, 0.1) is 5.92 Å². The van der Waals surface area contributed by atoms with Gasteiger partial charge in [-0.15, -0.1) is 0 Å². The van der Waals surface area contributed by atoms with Gasteiger partial charge in [0, 0.05) is 32.0 Å². The predicted molar refractivity (Wildman–Crippen MR) is 85.7 cm³/mol. The largest absolute Gasteiger partial charge is 0.263 e. The molecule has 0 aromatic carbocycles. The highest BCUT2D eigenvalue weighted by Gasteiger charge is 2.36. The number of pyridine rings is 1. The van der Waals surface area contributed by atoms with Crippen LogP contribution >= 0.6 is 0 Å². The second-order valence-electron chi connectivity index (χ2n) is 6.13. The summed E-state index contributed by atoms with van der Waals surface area (Å²) in [5.74, 6) is 0.184. The van der Waals surface area contributed by atoms with Gasteiger partial charge in [0.15, 0.2) is 0 Å². The molecule has 2 heterocycles. The molecule has 2 fully saturated rings. The van der Waals surface area contributed by atoms with Crippen LogP contribution in [0.1, 0.15) is 25.7 Å². The van der Waals surface area contributed by atoms with Gasteiger partial charge in [0.25, 0.3) is 0 Å². The van der Waals surface area contributed by atoms with E-state index < -0.39 is 20.0 Å². The normalized spacial score (nSPS) is 21.4. The Hall–Kier alpha value is -1.03. The van der Waals surface area contributed by atoms with E-state index in [0.29, 0.717) is 32.5 Å². The van der Waals surface area contributed by atoms with Crippen molar-refractivity contribution in [3.8, 4) is 0 Å². The average molecular weight is 359 g/mol. The van der Waals surface area contributed by atoms with Crippen molar-refractivity contribution in [3.63, 3.8) is 0 Å².